The Bertz CT molecular complexity index is 344. The van der Waals surface area contributed by atoms with Gasteiger partial charge in [0.05, 0.1) is 0 Å². The van der Waals surface area contributed by atoms with E-state index in [4.69, 9.17) is 0 Å². The lowest BCUT2D eigenvalue weighted by Crippen LogP contribution is -2.36. The number of nitrogens with zero attached hydrogens (tertiary/aromatic N) is 1. The van der Waals surface area contributed by atoms with Crippen molar-refractivity contribution in [2.45, 2.75) is 39.2 Å². The molecule has 0 aromatic heterocycles. The summed E-state index contributed by atoms with van der Waals surface area (Å²) in [6.07, 6.45) is 4.05. The van der Waals surface area contributed by atoms with Crippen molar-refractivity contribution in [2.75, 3.05) is 13.1 Å². The average molecular weight is 296 g/mol. The molecule has 1 aliphatic rings. The summed E-state index contributed by atoms with van der Waals surface area (Å²) in [5.74, 6) is 0.756. The van der Waals surface area contributed by atoms with Crippen molar-refractivity contribution in [1.82, 2.24) is 4.90 Å². The Hall–Kier alpha value is -0.340. The summed E-state index contributed by atoms with van der Waals surface area (Å²) >= 11 is 3.51. The second-order valence-corrected chi connectivity index (χ2v) is 6.37. The van der Waals surface area contributed by atoms with Crippen molar-refractivity contribution in [3.05, 3.63) is 34.3 Å². The molecule has 1 saturated heterocycles. The molecule has 0 radical (unpaired) electrons. The molecule has 1 aromatic rings. The number of hydrogen-bond acceptors (Lipinski definition) is 1. The highest BCUT2D eigenvalue weighted by molar-refractivity contribution is 9.10. The molecule has 1 unspecified atom stereocenters. The molecule has 0 aliphatic carbocycles. The Labute approximate surface area is 113 Å². The lowest BCUT2D eigenvalue weighted by molar-refractivity contribution is 0.132. The van der Waals surface area contributed by atoms with Gasteiger partial charge in [-0.15, -0.1) is 0 Å². The summed E-state index contributed by atoms with van der Waals surface area (Å²) < 4.78 is 1.17. The fourth-order valence-electron chi connectivity index (χ4n) is 2.74. The predicted octanol–water partition coefficient (Wildman–Crippen LogP) is 4.63. The predicted molar refractivity (Wildman–Crippen MR) is 77.1 cm³/mol. The standard InChI is InChI=1S/C15H22BrN/c1-12(2)11-17-10-4-3-5-15(17)13-6-8-14(16)9-7-13/h6-9,12,15H,3-5,10-11H2,1-2H3. The molecule has 0 bridgehead atoms. The lowest BCUT2D eigenvalue weighted by Gasteiger charge is -2.37. The molecular formula is C15H22BrN. The normalized spacial score (nSPS) is 22.0. The smallest absolute Gasteiger partial charge is 0.0348 e. The lowest BCUT2D eigenvalue weighted by atomic mass is 9.94. The van der Waals surface area contributed by atoms with Crippen LogP contribution in [0, 0.1) is 5.92 Å². The fourth-order valence-corrected chi connectivity index (χ4v) is 3.01. The molecule has 2 heteroatoms. The van der Waals surface area contributed by atoms with Crippen LogP contribution in [0.2, 0.25) is 0 Å². The van der Waals surface area contributed by atoms with E-state index in [0.29, 0.717) is 6.04 Å². The highest BCUT2D eigenvalue weighted by Gasteiger charge is 2.23. The second-order valence-electron chi connectivity index (χ2n) is 5.45. The van der Waals surface area contributed by atoms with Gasteiger partial charge in [0.15, 0.2) is 0 Å². The maximum Gasteiger partial charge on any atom is 0.0348 e. The number of halogens is 1. The van der Waals surface area contributed by atoms with Gasteiger partial charge in [0.25, 0.3) is 0 Å². The molecule has 0 saturated carbocycles. The number of hydrogen-bond donors (Lipinski definition) is 0. The summed E-state index contributed by atoms with van der Waals surface area (Å²) in [5, 5.41) is 0. The topological polar surface area (TPSA) is 3.24 Å². The molecule has 17 heavy (non-hydrogen) atoms. The molecule has 0 amide bonds. The third kappa shape index (κ3) is 3.56. The van der Waals surface area contributed by atoms with Gasteiger partial charge in [-0.25, -0.2) is 0 Å². The first-order chi connectivity index (χ1) is 8.16. The van der Waals surface area contributed by atoms with Crippen molar-refractivity contribution in [2.24, 2.45) is 5.92 Å². The van der Waals surface area contributed by atoms with E-state index in [1.807, 2.05) is 0 Å². The van der Waals surface area contributed by atoms with Crippen LogP contribution in [0.15, 0.2) is 28.7 Å². The number of piperidine rings is 1. The summed E-state index contributed by atoms with van der Waals surface area (Å²) in [4.78, 5) is 2.66. The van der Waals surface area contributed by atoms with Crippen molar-refractivity contribution in [3.8, 4) is 0 Å². The molecule has 1 nitrogen and oxygen atoms in total. The van der Waals surface area contributed by atoms with Crippen molar-refractivity contribution in [1.29, 1.82) is 0 Å². The SMILES string of the molecule is CC(C)CN1CCCCC1c1ccc(Br)cc1. The van der Waals surface area contributed by atoms with Gasteiger partial charge in [0.1, 0.15) is 0 Å². The summed E-state index contributed by atoms with van der Waals surface area (Å²) in [5.41, 5.74) is 1.48. The van der Waals surface area contributed by atoms with Crippen LogP contribution in [-0.4, -0.2) is 18.0 Å². The first kappa shape index (κ1) is 13.1. The number of likely N-dealkylation sites (tertiary alicyclic amines) is 1. The molecule has 1 aliphatic heterocycles. The van der Waals surface area contributed by atoms with Gasteiger partial charge in [-0.1, -0.05) is 48.3 Å². The summed E-state index contributed by atoms with van der Waals surface area (Å²) in [6.45, 7) is 7.11. The van der Waals surface area contributed by atoms with E-state index in [1.54, 1.807) is 0 Å². The Morgan fingerprint density at radius 1 is 1.24 bits per heavy atom. The highest BCUT2D eigenvalue weighted by Crippen LogP contribution is 2.31. The number of rotatable bonds is 3. The van der Waals surface area contributed by atoms with E-state index in [0.717, 1.165) is 5.92 Å². The van der Waals surface area contributed by atoms with E-state index in [9.17, 15) is 0 Å². The molecule has 0 spiro atoms. The zero-order valence-electron chi connectivity index (χ0n) is 10.8. The van der Waals surface area contributed by atoms with Gasteiger partial charge in [-0.05, 0) is 43.0 Å². The van der Waals surface area contributed by atoms with Crippen LogP contribution in [0.3, 0.4) is 0 Å². The minimum absolute atomic E-state index is 0.638. The largest absolute Gasteiger partial charge is 0.296 e. The Balaban J connectivity index is 2.12. The molecule has 1 fully saturated rings. The van der Waals surface area contributed by atoms with Crippen LogP contribution < -0.4 is 0 Å². The molecule has 2 rings (SSSR count). The first-order valence-corrected chi connectivity index (χ1v) is 7.45. The van der Waals surface area contributed by atoms with Gasteiger partial charge in [-0.2, -0.15) is 0 Å². The van der Waals surface area contributed by atoms with E-state index in [2.05, 4.69) is 58.9 Å². The minimum Gasteiger partial charge on any atom is -0.296 e. The van der Waals surface area contributed by atoms with Gasteiger partial charge in [0, 0.05) is 17.1 Å². The van der Waals surface area contributed by atoms with E-state index >= 15 is 0 Å². The Morgan fingerprint density at radius 2 is 1.94 bits per heavy atom. The Kier molecular flexibility index (Phi) is 4.63. The fraction of sp³-hybridized carbons (Fsp3) is 0.600. The van der Waals surface area contributed by atoms with Crippen LogP contribution >= 0.6 is 15.9 Å². The van der Waals surface area contributed by atoms with Gasteiger partial charge in [0.2, 0.25) is 0 Å². The van der Waals surface area contributed by atoms with Crippen molar-refractivity contribution in [3.63, 3.8) is 0 Å². The maximum absolute atomic E-state index is 3.51. The van der Waals surface area contributed by atoms with E-state index < -0.39 is 0 Å². The van der Waals surface area contributed by atoms with Crippen LogP contribution in [0.1, 0.15) is 44.7 Å². The quantitative estimate of drug-likeness (QED) is 0.786. The highest BCUT2D eigenvalue weighted by atomic mass is 79.9. The van der Waals surface area contributed by atoms with Gasteiger partial charge >= 0.3 is 0 Å². The zero-order valence-corrected chi connectivity index (χ0v) is 12.4. The van der Waals surface area contributed by atoms with Crippen LogP contribution in [-0.2, 0) is 0 Å². The van der Waals surface area contributed by atoms with Crippen LogP contribution in [0.4, 0.5) is 0 Å². The average Bonchev–Trinajstić information content (AvgIpc) is 2.30. The van der Waals surface area contributed by atoms with Crippen LogP contribution in [0.5, 0.6) is 0 Å². The second kappa shape index (κ2) is 6.01. The van der Waals surface area contributed by atoms with Crippen LogP contribution in [0.25, 0.3) is 0 Å². The number of benzene rings is 1. The maximum atomic E-state index is 3.51. The molecule has 1 aromatic carbocycles. The molecule has 1 heterocycles. The third-order valence-corrected chi connectivity index (χ3v) is 4.00. The van der Waals surface area contributed by atoms with E-state index in [1.165, 1.54) is 42.4 Å². The molecule has 0 N–H and O–H groups in total. The zero-order chi connectivity index (χ0) is 12.3. The molecular weight excluding hydrogens is 274 g/mol. The van der Waals surface area contributed by atoms with E-state index in [-0.39, 0.29) is 0 Å². The molecule has 94 valence electrons. The monoisotopic (exact) mass is 295 g/mol. The van der Waals surface area contributed by atoms with Crippen molar-refractivity contribution >= 4 is 15.9 Å². The van der Waals surface area contributed by atoms with Gasteiger partial charge < -0.3 is 0 Å². The van der Waals surface area contributed by atoms with Crippen molar-refractivity contribution < 1.29 is 0 Å². The molecule has 1 atom stereocenters. The van der Waals surface area contributed by atoms with Gasteiger partial charge in [-0.3, -0.25) is 4.90 Å². The minimum atomic E-state index is 0.638. The summed E-state index contributed by atoms with van der Waals surface area (Å²) in [7, 11) is 0. The third-order valence-electron chi connectivity index (χ3n) is 3.47. The Morgan fingerprint density at radius 3 is 2.59 bits per heavy atom. The first-order valence-electron chi connectivity index (χ1n) is 6.66. The summed E-state index contributed by atoms with van der Waals surface area (Å²) in [6, 6.07) is 9.51.